The highest BCUT2D eigenvalue weighted by Crippen LogP contribution is 2.33. The number of thiocarbonyl (C=S) groups is 1. The van der Waals surface area contributed by atoms with Gasteiger partial charge in [0.1, 0.15) is 10.1 Å². The van der Waals surface area contributed by atoms with Gasteiger partial charge in [-0.25, -0.2) is 9.37 Å². The molecule has 0 spiro atoms. The predicted octanol–water partition coefficient (Wildman–Crippen LogP) is 5.41. The standard InChI is InChI=1S/C24H20FN3O2S3/c1-15-6-8-16(9-7-15)12-18-14-26-23(32-18)27-21(29)10-11-28-22(30)20(33-24(28)31)13-17-4-2-3-5-19(17)25/h2-9,13-14H,10-12H2,1H3,(H,26,27,29). The molecular formula is C24H20FN3O2S3. The quantitative estimate of drug-likeness (QED) is 0.349. The van der Waals surface area contributed by atoms with E-state index in [0.717, 1.165) is 23.1 Å². The zero-order valence-corrected chi connectivity index (χ0v) is 20.2. The fraction of sp³-hybridized carbons (Fsp3) is 0.167. The smallest absolute Gasteiger partial charge is 0.266 e. The maximum absolute atomic E-state index is 13.9. The number of amides is 2. The molecule has 9 heteroatoms. The second-order valence-electron chi connectivity index (χ2n) is 7.45. The van der Waals surface area contributed by atoms with Crippen LogP contribution in [0.4, 0.5) is 9.52 Å². The largest absolute Gasteiger partial charge is 0.302 e. The van der Waals surface area contributed by atoms with Crippen LogP contribution >= 0.6 is 35.3 Å². The van der Waals surface area contributed by atoms with Crippen LogP contribution < -0.4 is 5.32 Å². The maximum Gasteiger partial charge on any atom is 0.266 e. The SMILES string of the molecule is Cc1ccc(Cc2cnc(NC(=O)CCN3C(=O)C(=Cc4ccccc4F)SC3=S)s2)cc1. The van der Waals surface area contributed by atoms with Crippen molar-refractivity contribution in [3.8, 4) is 0 Å². The van der Waals surface area contributed by atoms with Crippen molar-refractivity contribution in [2.45, 2.75) is 19.8 Å². The van der Waals surface area contributed by atoms with Crippen molar-refractivity contribution in [2.75, 3.05) is 11.9 Å². The van der Waals surface area contributed by atoms with Crippen molar-refractivity contribution in [3.63, 3.8) is 0 Å². The van der Waals surface area contributed by atoms with Crippen LogP contribution in [-0.2, 0) is 16.0 Å². The minimum Gasteiger partial charge on any atom is -0.302 e. The molecule has 0 aliphatic carbocycles. The summed E-state index contributed by atoms with van der Waals surface area (Å²) in [6, 6.07) is 14.5. The lowest BCUT2D eigenvalue weighted by molar-refractivity contribution is -0.122. The molecule has 0 unspecified atom stereocenters. The number of aryl methyl sites for hydroxylation is 1. The van der Waals surface area contributed by atoms with E-state index in [1.807, 2.05) is 6.92 Å². The summed E-state index contributed by atoms with van der Waals surface area (Å²) < 4.78 is 14.2. The Morgan fingerprint density at radius 2 is 1.97 bits per heavy atom. The first kappa shape index (κ1) is 23.3. The molecule has 0 atom stereocenters. The van der Waals surface area contributed by atoms with E-state index >= 15 is 0 Å². The Balaban J connectivity index is 1.31. The first-order valence-electron chi connectivity index (χ1n) is 10.2. The molecule has 4 rings (SSSR count). The molecule has 1 aromatic heterocycles. The first-order chi connectivity index (χ1) is 15.9. The number of anilines is 1. The highest BCUT2D eigenvalue weighted by Gasteiger charge is 2.32. The molecule has 2 heterocycles. The van der Waals surface area contributed by atoms with Crippen LogP contribution in [0.3, 0.4) is 0 Å². The van der Waals surface area contributed by atoms with Crippen LogP contribution in [0.5, 0.6) is 0 Å². The molecule has 33 heavy (non-hydrogen) atoms. The number of thiazole rings is 1. The molecular weight excluding hydrogens is 477 g/mol. The normalized spacial score (nSPS) is 14.8. The minimum atomic E-state index is -0.410. The van der Waals surface area contributed by atoms with Crippen LogP contribution in [0.15, 0.2) is 59.6 Å². The number of halogens is 1. The third-order valence-electron chi connectivity index (χ3n) is 4.93. The van der Waals surface area contributed by atoms with Crippen LogP contribution in [-0.4, -0.2) is 32.6 Å². The first-order valence-corrected chi connectivity index (χ1v) is 12.2. The van der Waals surface area contributed by atoms with Gasteiger partial charge in [-0.1, -0.05) is 72.0 Å². The molecule has 1 aliphatic rings. The van der Waals surface area contributed by atoms with Gasteiger partial charge in [-0.15, -0.1) is 11.3 Å². The Bertz CT molecular complexity index is 1240. The third-order valence-corrected chi connectivity index (χ3v) is 7.22. The van der Waals surface area contributed by atoms with E-state index in [1.54, 1.807) is 24.4 Å². The van der Waals surface area contributed by atoms with Crippen LogP contribution in [0.2, 0.25) is 0 Å². The summed E-state index contributed by atoms with van der Waals surface area (Å²) >= 11 is 7.82. The molecule has 0 radical (unpaired) electrons. The van der Waals surface area contributed by atoms with E-state index in [0.29, 0.717) is 19.9 Å². The zero-order chi connectivity index (χ0) is 23.4. The van der Waals surface area contributed by atoms with Gasteiger partial charge in [-0.05, 0) is 24.6 Å². The van der Waals surface area contributed by atoms with Crippen LogP contribution in [0.25, 0.3) is 6.08 Å². The van der Waals surface area contributed by atoms with Gasteiger partial charge in [-0.2, -0.15) is 0 Å². The molecule has 0 bridgehead atoms. The Morgan fingerprint density at radius 3 is 2.73 bits per heavy atom. The Morgan fingerprint density at radius 1 is 1.21 bits per heavy atom. The third kappa shape index (κ3) is 5.93. The number of hydrogen-bond acceptors (Lipinski definition) is 6. The number of carbonyl (C=O) groups is 2. The molecule has 3 aromatic rings. The summed E-state index contributed by atoms with van der Waals surface area (Å²) in [5.41, 5.74) is 2.71. The monoisotopic (exact) mass is 497 g/mol. The Labute approximate surface area is 204 Å². The number of benzene rings is 2. The summed E-state index contributed by atoms with van der Waals surface area (Å²) in [7, 11) is 0. The second kappa shape index (κ2) is 10.4. The van der Waals surface area contributed by atoms with Gasteiger partial charge < -0.3 is 5.32 Å². The number of carbonyl (C=O) groups excluding carboxylic acids is 2. The summed E-state index contributed by atoms with van der Waals surface area (Å²) in [5.74, 6) is -0.985. The van der Waals surface area contributed by atoms with E-state index in [9.17, 15) is 14.0 Å². The van der Waals surface area contributed by atoms with Crippen molar-refractivity contribution in [1.82, 2.24) is 9.88 Å². The number of thioether (sulfide) groups is 1. The zero-order valence-electron chi connectivity index (χ0n) is 17.7. The van der Waals surface area contributed by atoms with Crippen molar-refractivity contribution >= 4 is 62.7 Å². The van der Waals surface area contributed by atoms with Gasteiger partial charge >= 0.3 is 0 Å². The fourth-order valence-electron chi connectivity index (χ4n) is 3.18. The molecule has 2 aromatic carbocycles. The van der Waals surface area contributed by atoms with Gasteiger partial charge in [-0.3, -0.25) is 14.5 Å². The van der Waals surface area contributed by atoms with Crippen LogP contribution in [0, 0.1) is 12.7 Å². The van der Waals surface area contributed by atoms with E-state index in [4.69, 9.17) is 12.2 Å². The number of rotatable bonds is 7. The van der Waals surface area contributed by atoms with Crippen molar-refractivity contribution in [1.29, 1.82) is 0 Å². The lowest BCUT2D eigenvalue weighted by atomic mass is 10.1. The molecule has 168 valence electrons. The number of nitrogens with one attached hydrogen (secondary N) is 1. The van der Waals surface area contributed by atoms with E-state index < -0.39 is 5.82 Å². The lowest BCUT2D eigenvalue weighted by Gasteiger charge is -2.13. The second-order valence-corrected chi connectivity index (χ2v) is 10.2. The van der Waals surface area contributed by atoms with Gasteiger partial charge in [0.25, 0.3) is 5.91 Å². The predicted molar refractivity (Wildman–Crippen MR) is 136 cm³/mol. The molecule has 1 aliphatic heterocycles. The molecule has 1 N–H and O–H groups in total. The van der Waals surface area contributed by atoms with E-state index in [2.05, 4.69) is 34.6 Å². The highest BCUT2D eigenvalue weighted by atomic mass is 32.2. The molecule has 2 amide bonds. The summed E-state index contributed by atoms with van der Waals surface area (Å²) in [6.07, 6.45) is 4.07. The molecule has 0 saturated carbocycles. The maximum atomic E-state index is 13.9. The number of aromatic nitrogens is 1. The average Bonchev–Trinajstić information content (AvgIpc) is 3.33. The van der Waals surface area contributed by atoms with Crippen molar-refractivity contribution in [2.24, 2.45) is 0 Å². The van der Waals surface area contributed by atoms with Crippen molar-refractivity contribution in [3.05, 3.63) is 87.0 Å². The molecule has 1 saturated heterocycles. The van der Waals surface area contributed by atoms with Gasteiger partial charge in [0.15, 0.2) is 5.13 Å². The lowest BCUT2D eigenvalue weighted by Crippen LogP contribution is -2.31. The summed E-state index contributed by atoms with van der Waals surface area (Å²) in [4.78, 5) is 32.1. The Hall–Kier alpha value is -2.88. The van der Waals surface area contributed by atoms with Gasteiger partial charge in [0.05, 0.1) is 4.91 Å². The van der Waals surface area contributed by atoms with Gasteiger partial charge in [0, 0.05) is 36.0 Å². The number of hydrogen-bond donors (Lipinski definition) is 1. The van der Waals surface area contributed by atoms with Crippen LogP contribution in [0.1, 0.15) is 28.0 Å². The Kier molecular flexibility index (Phi) is 7.32. The molecule has 5 nitrogen and oxygen atoms in total. The summed E-state index contributed by atoms with van der Waals surface area (Å²) in [5, 5.41) is 3.31. The summed E-state index contributed by atoms with van der Waals surface area (Å²) in [6.45, 7) is 2.19. The van der Waals surface area contributed by atoms with E-state index in [1.165, 1.54) is 39.5 Å². The number of nitrogens with zero attached hydrogens (tertiary/aromatic N) is 2. The van der Waals surface area contributed by atoms with E-state index in [-0.39, 0.29) is 24.8 Å². The average molecular weight is 498 g/mol. The van der Waals surface area contributed by atoms with Crippen molar-refractivity contribution < 1.29 is 14.0 Å². The highest BCUT2D eigenvalue weighted by molar-refractivity contribution is 8.26. The fourth-order valence-corrected chi connectivity index (χ4v) is 5.34. The van der Waals surface area contributed by atoms with Gasteiger partial charge in [0.2, 0.25) is 5.91 Å². The molecule has 1 fully saturated rings. The minimum absolute atomic E-state index is 0.0757. The topological polar surface area (TPSA) is 62.3 Å².